The van der Waals surface area contributed by atoms with Gasteiger partial charge in [0.05, 0.1) is 4.90 Å². The summed E-state index contributed by atoms with van der Waals surface area (Å²) in [6.07, 6.45) is 1.15. The number of pyridine rings is 1. The van der Waals surface area contributed by atoms with Crippen LogP contribution in [-0.2, 0) is 16.6 Å². The van der Waals surface area contributed by atoms with Crippen LogP contribution in [0.4, 0.5) is 0 Å². The number of nitrogens with zero attached hydrogens (tertiary/aromatic N) is 1. The van der Waals surface area contributed by atoms with Gasteiger partial charge < -0.3 is 4.98 Å². The molecule has 2 rings (SSSR count). The molecule has 0 saturated heterocycles. The number of halogens is 1. The molecule has 0 radical (unpaired) electrons. The predicted octanol–water partition coefficient (Wildman–Crippen LogP) is 1.91. The normalized spacial score (nSPS) is 11.9. The zero-order valence-corrected chi connectivity index (χ0v) is 12.3. The van der Waals surface area contributed by atoms with Crippen LogP contribution in [0.3, 0.4) is 0 Å². The molecule has 5 nitrogen and oxygen atoms in total. The van der Waals surface area contributed by atoms with Crippen molar-refractivity contribution in [2.75, 3.05) is 7.05 Å². The van der Waals surface area contributed by atoms with Crippen LogP contribution in [0.1, 0.15) is 5.56 Å². The number of nitrogens with one attached hydrogen (secondary N) is 1. The van der Waals surface area contributed by atoms with Crippen LogP contribution in [0.15, 0.2) is 38.8 Å². The Kier molecular flexibility index (Phi) is 4.10. The zero-order valence-electron chi connectivity index (χ0n) is 9.96. The largest absolute Gasteiger partial charge is 0.326 e. The summed E-state index contributed by atoms with van der Waals surface area (Å²) in [6, 6.07) is 3.01. The summed E-state index contributed by atoms with van der Waals surface area (Å²) in [7, 11) is -2.19. The Morgan fingerprint density at radius 2 is 2.21 bits per heavy atom. The van der Waals surface area contributed by atoms with Crippen molar-refractivity contribution in [3.8, 4) is 0 Å². The third-order valence-electron chi connectivity index (χ3n) is 2.52. The van der Waals surface area contributed by atoms with Gasteiger partial charge in [-0.3, -0.25) is 4.79 Å². The first kappa shape index (κ1) is 14.3. The van der Waals surface area contributed by atoms with E-state index >= 15 is 0 Å². The number of thiophene rings is 1. The molecule has 19 heavy (non-hydrogen) atoms. The van der Waals surface area contributed by atoms with Crippen molar-refractivity contribution in [3.63, 3.8) is 0 Å². The Bertz CT molecular complexity index is 723. The monoisotopic (exact) mass is 318 g/mol. The fraction of sp³-hybridized carbons (Fsp3) is 0.182. The van der Waals surface area contributed by atoms with Gasteiger partial charge in [0.2, 0.25) is 10.0 Å². The first-order valence-corrected chi connectivity index (χ1v) is 8.03. The molecule has 1 N–H and O–H groups in total. The van der Waals surface area contributed by atoms with Crippen molar-refractivity contribution >= 4 is 33.0 Å². The maximum Gasteiger partial charge on any atom is 0.266 e. The van der Waals surface area contributed by atoms with Gasteiger partial charge in [-0.2, -0.15) is 15.6 Å². The van der Waals surface area contributed by atoms with Crippen molar-refractivity contribution < 1.29 is 8.42 Å². The van der Waals surface area contributed by atoms with Crippen molar-refractivity contribution in [1.82, 2.24) is 9.29 Å². The molecular formula is C11H11ClN2O3S2. The van der Waals surface area contributed by atoms with Crippen LogP contribution in [0.2, 0.25) is 5.02 Å². The predicted molar refractivity (Wildman–Crippen MR) is 75.0 cm³/mol. The van der Waals surface area contributed by atoms with E-state index in [2.05, 4.69) is 4.98 Å². The Balaban J connectivity index is 2.31. The van der Waals surface area contributed by atoms with E-state index in [1.807, 2.05) is 16.8 Å². The van der Waals surface area contributed by atoms with Crippen LogP contribution in [0.5, 0.6) is 0 Å². The van der Waals surface area contributed by atoms with E-state index in [9.17, 15) is 13.2 Å². The Labute approximate surface area is 119 Å². The molecule has 102 valence electrons. The van der Waals surface area contributed by atoms with Crippen molar-refractivity contribution in [2.24, 2.45) is 0 Å². The summed E-state index contributed by atoms with van der Waals surface area (Å²) in [5.74, 6) is 0. The number of hydrogen-bond acceptors (Lipinski definition) is 4. The minimum atomic E-state index is -3.67. The maximum atomic E-state index is 12.3. The van der Waals surface area contributed by atoms with Crippen molar-refractivity contribution in [2.45, 2.75) is 11.4 Å². The Morgan fingerprint density at radius 3 is 2.79 bits per heavy atom. The van der Waals surface area contributed by atoms with Crippen LogP contribution in [-0.4, -0.2) is 24.8 Å². The van der Waals surface area contributed by atoms with Crippen molar-refractivity contribution in [1.29, 1.82) is 0 Å². The summed E-state index contributed by atoms with van der Waals surface area (Å²) >= 11 is 7.14. The maximum absolute atomic E-state index is 12.3. The average molecular weight is 319 g/mol. The number of sulfonamides is 1. The second-order valence-corrected chi connectivity index (χ2v) is 7.14. The van der Waals surface area contributed by atoms with Gasteiger partial charge in [0, 0.05) is 19.8 Å². The van der Waals surface area contributed by atoms with Gasteiger partial charge >= 0.3 is 0 Å². The van der Waals surface area contributed by atoms with Crippen LogP contribution >= 0.6 is 22.9 Å². The Hall–Kier alpha value is -1.15. The van der Waals surface area contributed by atoms with Crippen LogP contribution in [0, 0.1) is 0 Å². The summed E-state index contributed by atoms with van der Waals surface area (Å²) in [4.78, 5) is 13.4. The molecule has 0 aromatic carbocycles. The lowest BCUT2D eigenvalue weighted by molar-refractivity contribution is 0.467. The highest BCUT2D eigenvalue weighted by Crippen LogP contribution is 2.18. The third-order valence-corrected chi connectivity index (χ3v) is 5.32. The van der Waals surface area contributed by atoms with Gasteiger partial charge in [-0.1, -0.05) is 11.6 Å². The van der Waals surface area contributed by atoms with Gasteiger partial charge in [-0.05, 0) is 28.5 Å². The molecule has 2 aromatic heterocycles. The molecule has 0 bridgehead atoms. The molecule has 0 fully saturated rings. The van der Waals surface area contributed by atoms with Gasteiger partial charge in [-0.25, -0.2) is 8.42 Å². The standard InChI is InChI=1S/C11H11ClN2O3S2/c1-14(6-8-2-3-18-7-8)19(16,17)9-4-10(12)11(15)13-5-9/h2-5,7H,6H2,1H3,(H,13,15). The quantitative estimate of drug-likeness (QED) is 0.936. The lowest BCUT2D eigenvalue weighted by Gasteiger charge is -2.16. The molecule has 0 spiro atoms. The lowest BCUT2D eigenvalue weighted by Crippen LogP contribution is -2.27. The Morgan fingerprint density at radius 1 is 1.47 bits per heavy atom. The van der Waals surface area contributed by atoms with Gasteiger partial charge in [0.15, 0.2) is 0 Å². The zero-order chi connectivity index (χ0) is 14.0. The summed E-state index contributed by atoms with van der Waals surface area (Å²) < 4.78 is 25.7. The van der Waals surface area contributed by atoms with E-state index in [1.54, 1.807) is 0 Å². The van der Waals surface area contributed by atoms with E-state index < -0.39 is 15.6 Å². The molecule has 0 aliphatic rings. The molecule has 2 heterocycles. The van der Waals surface area contributed by atoms with Crippen LogP contribution in [0.25, 0.3) is 0 Å². The molecule has 2 aromatic rings. The topological polar surface area (TPSA) is 70.2 Å². The molecule has 0 aliphatic carbocycles. The highest BCUT2D eigenvalue weighted by atomic mass is 35.5. The van der Waals surface area contributed by atoms with Gasteiger partial charge in [0.1, 0.15) is 5.02 Å². The van der Waals surface area contributed by atoms with Gasteiger partial charge in [-0.15, -0.1) is 0 Å². The van der Waals surface area contributed by atoms with E-state index in [0.29, 0.717) is 0 Å². The lowest BCUT2D eigenvalue weighted by atomic mass is 10.3. The number of aromatic amines is 1. The fourth-order valence-electron chi connectivity index (χ4n) is 1.49. The molecule has 0 atom stereocenters. The van der Waals surface area contributed by atoms with E-state index in [-0.39, 0.29) is 16.5 Å². The molecule has 0 amide bonds. The minimum Gasteiger partial charge on any atom is -0.326 e. The second-order valence-electron chi connectivity index (χ2n) is 3.91. The number of H-pyrrole nitrogens is 1. The second kappa shape index (κ2) is 5.46. The highest BCUT2D eigenvalue weighted by molar-refractivity contribution is 7.89. The molecule has 8 heteroatoms. The first-order chi connectivity index (χ1) is 8.91. The van der Waals surface area contributed by atoms with E-state index in [4.69, 9.17) is 11.6 Å². The van der Waals surface area contributed by atoms with Gasteiger partial charge in [0.25, 0.3) is 5.56 Å². The van der Waals surface area contributed by atoms with Crippen molar-refractivity contribution in [3.05, 3.63) is 50.0 Å². The summed E-state index contributed by atoms with van der Waals surface area (Å²) in [5.41, 5.74) is 0.396. The number of rotatable bonds is 4. The van der Waals surface area contributed by atoms with E-state index in [0.717, 1.165) is 17.8 Å². The molecule has 0 unspecified atom stereocenters. The minimum absolute atomic E-state index is 0.0326. The number of hydrogen-bond donors (Lipinski definition) is 1. The molecular weight excluding hydrogens is 308 g/mol. The fourth-order valence-corrected chi connectivity index (χ4v) is 3.54. The number of aromatic nitrogens is 1. The van der Waals surface area contributed by atoms with E-state index in [1.165, 1.54) is 22.7 Å². The average Bonchev–Trinajstić information content (AvgIpc) is 2.85. The molecule has 0 saturated carbocycles. The van der Waals surface area contributed by atoms with Crippen LogP contribution < -0.4 is 5.56 Å². The summed E-state index contributed by atoms with van der Waals surface area (Å²) in [5, 5.41) is 3.61. The first-order valence-electron chi connectivity index (χ1n) is 5.27. The smallest absolute Gasteiger partial charge is 0.266 e. The SMILES string of the molecule is CN(Cc1ccsc1)S(=O)(=O)c1c[nH]c(=O)c(Cl)c1. The molecule has 0 aliphatic heterocycles. The summed E-state index contributed by atoms with van der Waals surface area (Å²) in [6.45, 7) is 0.266. The third kappa shape index (κ3) is 3.06. The highest BCUT2D eigenvalue weighted by Gasteiger charge is 2.22.